The van der Waals surface area contributed by atoms with Crippen molar-refractivity contribution in [3.63, 3.8) is 0 Å². The third-order valence-corrected chi connectivity index (χ3v) is 1.33. The van der Waals surface area contributed by atoms with Crippen LogP contribution in [0.5, 0.6) is 0 Å². The largest absolute Gasteiger partial charge is 0.480 e. The third-order valence-electron chi connectivity index (χ3n) is 1.33. The molecule has 1 unspecified atom stereocenters. The van der Waals surface area contributed by atoms with Crippen molar-refractivity contribution in [2.45, 2.75) is 19.4 Å². The molecular weight excluding hydrogens is 130 g/mol. The second-order valence-corrected chi connectivity index (χ2v) is 2.08. The number of nitrogens with one attached hydrogen (secondary N) is 1. The number of rotatable bonds is 2. The van der Waals surface area contributed by atoms with E-state index in [1.807, 2.05) is 6.92 Å². The Labute approximate surface area is 59.8 Å². The van der Waals surface area contributed by atoms with E-state index >= 15 is 0 Å². The second kappa shape index (κ2) is 3.29. The first-order valence-corrected chi connectivity index (χ1v) is 3.42. The van der Waals surface area contributed by atoms with Crippen molar-refractivity contribution in [1.29, 1.82) is 5.41 Å². The molecule has 0 aromatic rings. The van der Waals surface area contributed by atoms with Gasteiger partial charge < -0.3 is 4.74 Å². The molecule has 4 nitrogen and oxygen atoms in total. The Hall–Kier alpha value is -0.930. The van der Waals surface area contributed by atoms with Crippen LogP contribution in [0.1, 0.15) is 13.3 Å². The molecule has 0 fully saturated rings. The van der Waals surface area contributed by atoms with E-state index in [1.54, 1.807) is 0 Å². The van der Waals surface area contributed by atoms with Gasteiger partial charge in [0.05, 0.1) is 13.2 Å². The summed E-state index contributed by atoms with van der Waals surface area (Å²) in [5, 5.41) is 14.9. The molecule has 0 aromatic carbocycles. The van der Waals surface area contributed by atoms with Crippen molar-refractivity contribution in [1.82, 2.24) is 0 Å². The predicted octanol–water partition coefficient (Wildman–Crippen LogP) is 1.22. The van der Waals surface area contributed by atoms with Crippen molar-refractivity contribution in [2.24, 2.45) is 10.2 Å². The number of nitrogens with zero attached hydrogens (tertiary/aromatic N) is 2. The summed E-state index contributed by atoms with van der Waals surface area (Å²) in [7, 11) is 0. The summed E-state index contributed by atoms with van der Waals surface area (Å²) in [6.07, 6.45) is 0.832. The van der Waals surface area contributed by atoms with Crippen LogP contribution in [0.2, 0.25) is 0 Å². The molecule has 0 radical (unpaired) electrons. The summed E-state index contributed by atoms with van der Waals surface area (Å²) in [6, 6.07) is -0.0973. The average molecular weight is 141 g/mol. The van der Waals surface area contributed by atoms with Gasteiger partial charge in [0.15, 0.2) is 0 Å². The zero-order valence-electron chi connectivity index (χ0n) is 6.00. The molecule has 0 saturated carbocycles. The minimum Gasteiger partial charge on any atom is -0.480 e. The molecule has 1 rings (SSSR count). The van der Waals surface area contributed by atoms with Crippen molar-refractivity contribution in [3.8, 4) is 0 Å². The van der Waals surface area contributed by atoms with Gasteiger partial charge in [-0.15, -0.1) is 0 Å². The van der Waals surface area contributed by atoms with E-state index in [-0.39, 0.29) is 11.9 Å². The lowest BCUT2D eigenvalue weighted by molar-refractivity contribution is 0.308. The fourth-order valence-corrected chi connectivity index (χ4v) is 0.829. The zero-order chi connectivity index (χ0) is 7.40. The van der Waals surface area contributed by atoms with Crippen molar-refractivity contribution >= 4 is 5.90 Å². The topological polar surface area (TPSA) is 57.8 Å². The highest BCUT2D eigenvalue weighted by molar-refractivity contribution is 5.78. The highest BCUT2D eigenvalue weighted by atomic mass is 16.5. The predicted molar refractivity (Wildman–Crippen MR) is 37.5 cm³/mol. The fourth-order valence-electron chi connectivity index (χ4n) is 0.829. The van der Waals surface area contributed by atoms with Crippen LogP contribution in [0.15, 0.2) is 10.2 Å². The quantitative estimate of drug-likeness (QED) is 0.456. The van der Waals surface area contributed by atoms with E-state index in [9.17, 15) is 0 Å². The average Bonchev–Trinajstić information content (AvgIpc) is 2.38. The van der Waals surface area contributed by atoms with Gasteiger partial charge in [0.25, 0.3) is 0 Å². The zero-order valence-corrected chi connectivity index (χ0v) is 6.00. The first-order chi connectivity index (χ1) is 4.84. The first kappa shape index (κ1) is 7.18. The summed E-state index contributed by atoms with van der Waals surface area (Å²) >= 11 is 0. The minimum absolute atomic E-state index is 0.0973. The smallest absolute Gasteiger partial charge is 0.207 e. The Kier molecular flexibility index (Phi) is 2.36. The number of ether oxygens (including phenoxy) is 1. The number of hydrogen-bond acceptors (Lipinski definition) is 4. The molecule has 56 valence electrons. The van der Waals surface area contributed by atoms with Gasteiger partial charge in [-0.1, -0.05) is 0 Å². The van der Waals surface area contributed by atoms with Gasteiger partial charge in [0.1, 0.15) is 6.04 Å². The Bertz CT molecular complexity index is 155. The normalized spacial score (nSPS) is 23.1. The van der Waals surface area contributed by atoms with E-state index in [0.29, 0.717) is 6.61 Å². The molecule has 0 bridgehead atoms. The lowest BCUT2D eigenvalue weighted by Crippen LogP contribution is -2.18. The van der Waals surface area contributed by atoms with E-state index in [2.05, 4.69) is 10.2 Å². The van der Waals surface area contributed by atoms with E-state index in [4.69, 9.17) is 10.1 Å². The molecule has 0 saturated heterocycles. The van der Waals surface area contributed by atoms with Crippen LogP contribution in [0.3, 0.4) is 0 Å². The molecule has 1 aliphatic heterocycles. The monoisotopic (exact) mass is 141 g/mol. The van der Waals surface area contributed by atoms with E-state index in [0.717, 1.165) is 13.0 Å². The van der Waals surface area contributed by atoms with E-state index < -0.39 is 0 Å². The van der Waals surface area contributed by atoms with Crippen molar-refractivity contribution in [2.75, 3.05) is 13.2 Å². The minimum atomic E-state index is -0.0973. The Morgan fingerprint density at radius 2 is 2.60 bits per heavy atom. The molecule has 1 atom stereocenters. The van der Waals surface area contributed by atoms with Crippen LogP contribution in [-0.4, -0.2) is 25.1 Å². The molecule has 0 spiro atoms. The fraction of sp³-hybridized carbons (Fsp3) is 0.833. The number of hydrogen-bond donors (Lipinski definition) is 1. The molecule has 4 heteroatoms. The van der Waals surface area contributed by atoms with Gasteiger partial charge in [-0.05, 0) is 6.92 Å². The van der Waals surface area contributed by atoms with Gasteiger partial charge in [-0.25, -0.2) is 0 Å². The van der Waals surface area contributed by atoms with Crippen molar-refractivity contribution < 1.29 is 4.74 Å². The van der Waals surface area contributed by atoms with Gasteiger partial charge in [-0.3, -0.25) is 5.41 Å². The highest BCUT2D eigenvalue weighted by Crippen LogP contribution is 2.09. The molecule has 0 amide bonds. The molecule has 10 heavy (non-hydrogen) atoms. The molecule has 1 N–H and O–H groups in total. The summed E-state index contributed by atoms with van der Waals surface area (Å²) < 4.78 is 4.96. The van der Waals surface area contributed by atoms with Gasteiger partial charge in [0.2, 0.25) is 5.90 Å². The Morgan fingerprint density at radius 3 is 3.10 bits per heavy atom. The van der Waals surface area contributed by atoms with Crippen LogP contribution in [0.25, 0.3) is 0 Å². The Balaban J connectivity index is 2.33. The standard InChI is InChI=1S/C6H11N3O/c1-2-10-6(7)5-3-4-8-9-5/h5,7H,2-4H2,1H3. The van der Waals surface area contributed by atoms with E-state index in [1.165, 1.54) is 0 Å². The van der Waals surface area contributed by atoms with Crippen LogP contribution < -0.4 is 0 Å². The lowest BCUT2D eigenvalue weighted by Gasteiger charge is -2.06. The van der Waals surface area contributed by atoms with Crippen LogP contribution >= 0.6 is 0 Å². The maximum atomic E-state index is 7.31. The Morgan fingerprint density at radius 1 is 1.80 bits per heavy atom. The SMILES string of the molecule is CCOC(=N)C1CCN=N1. The lowest BCUT2D eigenvalue weighted by atomic mass is 10.2. The maximum absolute atomic E-state index is 7.31. The maximum Gasteiger partial charge on any atom is 0.207 e. The molecule has 0 aromatic heterocycles. The highest BCUT2D eigenvalue weighted by Gasteiger charge is 2.18. The van der Waals surface area contributed by atoms with Crippen LogP contribution in [-0.2, 0) is 4.74 Å². The summed E-state index contributed by atoms with van der Waals surface area (Å²) in [5.41, 5.74) is 0. The van der Waals surface area contributed by atoms with Gasteiger partial charge in [0, 0.05) is 6.42 Å². The molecule has 1 aliphatic rings. The molecule has 0 aliphatic carbocycles. The van der Waals surface area contributed by atoms with Crippen molar-refractivity contribution in [3.05, 3.63) is 0 Å². The van der Waals surface area contributed by atoms with Gasteiger partial charge >= 0.3 is 0 Å². The molecule has 1 heterocycles. The second-order valence-electron chi connectivity index (χ2n) is 2.08. The summed E-state index contributed by atoms with van der Waals surface area (Å²) in [6.45, 7) is 3.14. The summed E-state index contributed by atoms with van der Waals surface area (Å²) in [4.78, 5) is 0. The van der Waals surface area contributed by atoms with Crippen LogP contribution in [0.4, 0.5) is 0 Å². The van der Waals surface area contributed by atoms with Gasteiger partial charge in [-0.2, -0.15) is 10.2 Å². The first-order valence-electron chi connectivity index (χ1n) is 3.42. The van der Waals surface area contributed by atoms with Crippen LogP contribution in [0, 0.1) is 5.41 Å². The number of azo groups is 1. The molecular formula is C6H11N3O. The third kappa shape index (κ3) is 1.52. The summed E-state index contributed by atoms with van der Waals surface area (Å²) in [5.74, 6) is 0.253.